The predicted octanol–water partition coefficient (Wildman–Crippen LogP) is 4.96. The van der Waals surface area contributed by atoms with E-state index in [0.717, 1.165) is 27.5 Å². The molecule has 0 atom stereocenters. The minimum absolute atomic E-state index is 0.145. The fourth-order valence-corrected chi connectivity index (χ4v) is 3.57. The second kappa shape index (κ2) is 8.01. The van der Waals surface area contributed by atoms with Gasteiger partial charge in [-0.3, -0.25) is 9.78 Å². The molecule has 148 valence electrons. The first kappa shape index (κ1) is 19.1. The van der Waals surface area contributed by atoms with Gasteiger partial charge < -0.3 is 19.8 Å². The number of nitrogens with one attached hydrogen (secondary N) is 2. The number of pyridine rings is 1. The van der Waals surface area contributed by atoms with Crippen LogP contribution in [0.2, 0.25) is 5.02 Å². The van der Waals surface area contributed by atoms with Crippen molar-refractivity contribution in [3.05, 3.63) is 59.4 Å². The molecule has 1 amide bonds. The number of hydrogen-bond donors (Lipinski definition) is 2. The molecular formula is C22H20ClN3O3. The number of H-pyrrole nitrogens is 1. The minimum atomic E-state index is -0.145. The molecule has 0 radical (unpaired) electrons. The number of aryl methyl sites for hydroxylation is 1. The zero-order valence-corrected chi connectivity index (χ0v) is 16.8. The average molecular weight is 410 g/mol. The molecule has 0 aliphatic rings. The van der Waals surface area contributed by atoms with Crippen LogP contribution in [0.1, 0.15) is 12.1 Å². The van der Waals surface area contributed by atoms with E-state index in [1.165, 1.54) is 14.2 Å². The van der Waals surface area contributed by atoms with Gasteiger partial charge in [0.1, 0.15) is 11.5 Å². The summed E-state index contributed by atoms with van der Waals surface area (Å²) >= 11 is 6.11. The van der Waals surface area contributed by atoms with E-state index in [4.69, 9.17) is 21.1 Å². The molecule has 2 aromatic carbocycles. The number of aromatic nitrogens is 2. The summed E-state index contributed by atoms with van der Waals surface area (Å²) in [6.45, 7) is 0. The number of rotatable bonds is 6. The Balaban J connectivity index is 1.49. The lowest BCUT2D eigenvalue weighted by Gasteiger charge is -2.13. The summed E-state index contributed by atoms with van der Waals surface area (Å²) in [6, 6.07) is 13.4. The molecule has 0 spiro atoms. The van der Waals surface area contributed by atoms with Crippen LogP contribution in [0.4, 0.5) is 5.69 Å². The summed E-state index contributed by atoms with van der Waals surface area (Å²) in [7, 11) is 3.04. The van der Waals surface area contributed by atoms with Crippen molar-refractivity contribution in [2.45, 2.75) is 12.8 Å². The number of carbonyl (C=O) groups excluding carboxylic acids is 1. The van der Waals surface area contributed by atoms with Crippen LogP contribution in [0, 0.1) is 0 Å². The van der Waals surface area contributed by atoms with Crippen molar-refractivity contribution in [3.8, 4) is 11.5 Å². The van der Waals surface area contributed by atoms with Crippen molar-refractivity contribution in [2.24, 2.45) is 0 Å². The summed E-state index contributed by atoms with van der Waals surface area (Å²) in [4.78, 5) is 20.3. The lowest BCUT2D eigenvalue weighted by Crippen LogP contribution is -2.13. The normalized spacial score (nSPS) is 11.0. The lowest BCUT2D eigenvalue weighted by molar-refractivity contribution is -0.116. The van der Waals surface area contributed by atoms with Gasteiger partial charge in [0, 0.05) is 40.5 Å². The van der Waals surface area contributed by atoms with Crippen molar-refractivity contribution in [1.29, 1.82) is 0 Å². The molecule has 0 saturated heterocycles. The monoisotopic (exact) mass is 409 g/mol. The topological polar surface area (TPSA) is 76.2 Å². The van der Waals surface area contributed by atoms with E-state index < -0.39 is 0 Å². The van der Waals surface area contributed by atoms with E-state index in [1.807, 2.05) is 30.5 Å². The van der Waals surface area contributed by atoms with Gasteiger partial charge >= 0.3 is 0 Å². The molecule has 2 N–H and O–H groups in total. The second-order valence-corrected chi connectivity index (χ2v) is 7.03. The molecule has 6 nitrogen and oxygen atoms in total. The smallest absolute Gasteiger partial charge is 0.224 e. The van der Waals surface area contributed by atoms with Crippen LogP contribution in [0.5, 0.6) is 11.5 Å². The third-order valence-electron chi connectivity index (χ3n) is 4.80. The van der Waals surface area contributed by atoms with E-state index in [0.29, 0.717) is 28.6 Å². The van der Waals surface area contributed by atoms with E-state index in [2.05, 4.69) is 21.4 Å². The van der Waals surface area contributed by atoms with Crippen LogP contribution in [-0.4, -0.2) is 30.1 Å². The Kier molecular flexibility index (Phi) is 5.27. The highest BCUT2D eigenvalue weighted by Gasteiger charge is 2.13. The van der Waals surface area contributed by atoms with Crippen molar-refractivity contribution in [1.82, 2.24) is 9.97 Å². The summed E-state index contributed by atoms with van der Waals surface area (Å²) in [5.41, 5.74) is 3.43. The van der Waals surface area contributed by atoms with Crippen molar-refractivity contribution in [2.75, 3.05) is 19.5 Å². The van der Waals surface area contributed by atoms with Gasteiger partial charge in [0.2, 0.25) is 5.91 Å². The van der Waals surface area contributed by atoms with Gasteiger partial charge in [-0.1, -0.05) is 29.8 Å². The van der Waals surface area contributed by atoms with Gasteiger partial charge in [-0.15, -0.1) is 0 Å². The Bertz CT molecular complexity index is 1200. The first-order valence-electron chi connectivity index (χ1n) is 9.15. The van der Waals surface area contributed by atoms with Crippen molar-refractivity contribution < 1.29 is 14.3 Å². The molecule has 0 aliphatic carbocycles. The molecule has 29 heavy (non-hydrogen) atoms. The van der Waals surface area contributed by atoms with E-state index in [-0.39, 0.29) is 12.3 Å². The zero-order valence-electron chi connectivity index (χ0n) is 16.1. The van der Waals surface area contributed by atoms with Crippen LogP contribution in [0.15, 0.2) is 48.7 Å². The Labute approximate surface area is 172 Å². The number of aromatic amines is 1. The highest BCUT2D eigenvalue weighted by atomic mass is 35.5. The van der Waals surface area contributed by atoms with E-state index >= 15 is 0 Å². The van der Waals surface area contributed by atoms with Crippen molar-refractivity contribution >= 4 is 45.0 Å². The number of fused-ring (bicyclic) bond motifs is 3. The molecule has 7 heteroatoms. The number of benzene rings is 2. The standard InChI is InChI=1S/C22H20ClN3O3/c1-28-20-11-18(21(29-2)10-16(20)23)26-22(27)8-7-13-9-15-14-5-3-4-6-17(14)25-19(15)12-24-13/h3-6,9-12,25H,7-8H2,1-2H3,(H,26,27). The lowest BCUT2D eigenvalue weighted by atomic mass is 10.1. The Hall–Kier alpha value is -3.25. The minimum Gasteiger partial charge on any atom is -0.495 e. The van der Waals surface area contributed by atoms with E-state index in [9.17, 15) is 4.79 Å². The van der Waals surface area contributed by atoms with Crippen LogP contribution < -0.4 is 14.8 Å². The molecule has 2 aromatic heterocycles. The first-order valence-corrected chi connectivity index (χ1v) is 9.53. The summed E-state index contributed by atoms with van der Waals surface area (Å²) in [5.74, 6) is 0.796. The maximum absolute atomic E-state index is 12.5. The van der Waals surface area contributed by atoms with Crippen LogP contribution >= 0.6 is 11.6 Å². The number of hydrogen-bond acceptors (Lipinski definition) is 4. The molecule has 0 saturated carbocycles. The largest absolute Gasteiger partial charge is 0.495 e. The molecule has 4 aromatic rings. The quantitative estimate of drug-likeness (QED) is 0.472. The maximum Gasteiger partial charge on any atom is 0.224 e. The molecular weight excluding hydrogens is 390 g/mol. The highest BCUT2D eigenvalue weighted by molar-refractivity contribution is 6.32. The predicted molar refractivity (Wildman–Crippen MR) is 115 cm³/mol. The number of carbonyl (C=O) groups is 1. The number of halogens is 1. The summed E-state index contributed by atoms with van der Waals surface area (Å²) in [5, 5.41) is 5.53. The number of methoxy groups -OCH3 is 2. The fourth-order valence-electron chi connectivity index (χ4n) is 3.34. The SMILES string of the molecule is COc1cc(NC(=O)CCc2cc3c(cn2)[nH]c2ccccc23)c(OC)cc1Cl. The number of ether oxygens (including phenoxy) is 2. The second-order valence-electron chi connectivity index (χ2n) is 6.63. The van der Waals surface area contributed by atoms with Crippen molar-refractivity contribution in [3.63, 3.8) is 0 Å². The van der Waals surface area contributed by atoms with Gasteiger partial charge in [0.05, 0.1) is 36.6 Å². The number of para-hydroxylation sites is 1. The fraction of sp³-hybridized carbons (Fsp3) is 0.182. The zero-order chi connectivity index (χ0) is 20.4. The number of amides is 1. The average Bonchev–Trinajstić information content (AvgIpc) is 3.11. The van der Waals surface area contributed by atoms with Gasteiger partial charge in [0.25, 0.3) is 0 Å². The third kappa shape index (κ3) is 3.84. The Morgan fingerprint density at radius 3 is 2.66 bits per heavy atom. The van der Waals surface area contributed by atoms with E-state index in [1.54, 1.807) is 12.1 Å². The maximum atomic E-state index is 12.5. The highest BCUT2D eigenvalue weighted by Crippen LogP contribution is 2.36. The van der Waals surface area contributed by atoms with Gasteiger partial charge in [-0.25, -0.2) is 0 Å². The summed E-state index contributed by atoms with van der Waals surface area (Å²) < 4.78 is 10.5. The molecule has 0 fully saturated rings. The van der Waals surface area contributed by atoms with Gasteiger partial charge in [0.15, 0.2) is 0 Å². The van der Waals surface area contributed by atoms with Crippen LogP contribution in [0.25, 0.3) is 21.8 Å². The van der Waals surface area contributed by atoms with Crippen LogP contribution in [-0.2, 0) is 11.2 Å². The molecule has 0 bridgehead atoms. The number of nitrogens with zero attached hydrogens (tertiary/aromatic N) is 1. The number of anilines is 1. The third-order valence-corrected chi connectivity index (χ3v) is 5.10. The Morgan fingerprint density at radius 2 is 1.86 bits per heavy atom. The molecule has 4 rings (SSSR count). The van der Waals surface area contributed by atoms with Gasteiger partial charge in [-0.2, -0.15) is 0 Å². The Morgan fingerprint density at radius 1 is 1.07 bits per heavy atom. The molecule has 0 unspecified atom stereocenters. The summed E-state index contributed by atoms with van der Waals surface area (Å²) in [6.07, 6.45) is 2.62. The molecule has 2 heterocycles. The molecule has 0 aliphatic heterocycles. The van der Waals surface area contributed by atoms with Crippen LogP contribution in [0.3, 0.4) is 0 Å². The van der Waals surface area contributed by atoms with Gasteiger partial charge in [-0.05, 0) is 18.6 Å². The first-order chi connectivity index (χ1) is 14.1.